The third-order valence-corrected chi connectivity index (χ3v) is 13.0. The predicted molar refractivity (Wildman–Crippen MR) is 250 cm³/mol. The second kappa shape index (κ2) is 13.4. The fourth-order valence-electron chi connectivity index (χ4n) is 10.4. The maximum Gasteiger partial charge on any atom is 0.248 e. The summed E-state index contributed by atoms with van der Waals surface area (Å²) >= 11 is 0. The molecule has 0 aliphatic heterocycles. The van der Waals surface area contributed by atoms with Gasteiger partial charge in [0.2, 0.25) is 11.8 Å². The van der Waals surface area contributed by atoms with Crippen molar-refractivity contribution >= 4 is 38.9 Å². The van der Waals surface area contributed by atoms with E-state index in [0.717, 1.165) is 39.4 Å². The Balaban J connectivity index is 1.03. The molecule has 2 heterocycles. The first-order valence-electron chi connectivity index (χ1n) is 21.1. The van der Waals surface area contributed by atoms with Gasteiger partial charge in [-0.3, -0.25) is 0 Å². The van der Waals surface area contributed by atoms with Gasteiger partial charge in [-0.1, -0.05) is 133 Å². The summed E-state index contributed by atoms with van der Waals surface area (Å²) in [6.07, 6.45) is 0. The van der Waals surface area contributed by atoms with Crippen LogP contribution in [0.5, 0.6) is 0 Å². The number of anilines is 3. The van der Waals surface area contributed by atoms with Crippen LogP contribution in [0.15, 0.2) is 223 Å². The third-order valence-electron chi connectivity index (χ3n) is 13.0. The van der Waals surface area contributed by atoms with Crippen molar-refractivity contribution in [2.45, 2.75) is 5.41 Å². The molecule has 2 aromatic heterocycles. The average molecular weight is 793 g/mol. The van der Waals surface area contributed by atoms with E-state index < -0.39 is 5.41 Å². The maximum absolute atomic E-state index is 6.21. The second-order valence-corrected chi connectivity index (χ2v) is 16.2. The van der Waals surface area contributed by atoms with E-state index in [-0.39, 0.29) is 0 Å². The van der Waals surface area contributed by atoms with Gasteiger partial charge >= 0.3 is 0 Å². The fraction of sp³-hybridized carbons (Fsp3) is 0.0175. The molecule has 0 saturated heterocycles. The van der Waals surface area contributed by atoms with E-state index in [4.69, 9.17) is 4.42 Å². The number of fused-ring (bicyclic) bond motifs is 13. The molecule has 0 N–H and O–H groups in total. The maximum atomic E-state index is 6.21. The van der Waals surface area contributed by atoms with Crippen molar-refractivity contribution in [2.75, 3.05) is 4.90 Å². The SMILES string of the molecule is c1ccc(-c2nnc(-c3ccc(N(c4ccc5c(c4)C4(c6ccccc6-c6ccccc64)c4ccccc4-5)c4ccc5c(c4)c4ccccc4n5-c4ccccc4)cc3)o2)cc1. The zero-order chi connectivity index (χ0) is 40.8. The minimum absolute atomic E-state index is 0.466. The normalized spacial score (nSPS) is 13.0. The van der Waals surface area contributed by atoms with Gasteiger partial charge in [0.15, 0.2) is 0 Å². The molecule has 2 aliphatic carbocycles. The molecule has 62 heavy (non-hydrogen) atoms. The van der Waals surface area contributed by atoms with Crippen LogP contribution in [0.1, 0.15) is 22.3 Å². The van der Waals surface area contributed by atoms with Crippen molar-refractivity contribution in [1.29, 1.82) is 0 Å². The summed E-state index contributed by atoms with van der Waals surface area (Å²) in [7, 11) is 0. The summed E-state index contributed by atoms with van der Waals surface area (Å²) in [6, 6.07) is 78.6. The molecule has 2 aliphatic rings. The monoisotopic (exact) mass is 792 g/mol. The number of hydrogen-bond acceptors (Lipinski definition) is 4. The van der Waals surface area contributed by atoms with Crippen LogP contribution >= 0.6 is 0 Å². The third kappa shape index (κ3) is 4.90. The molecule has 0 amide bonds. The number of aromatic nitrogens is 3. The summed E-state index contributed by atoms with van der Waals surface area (Å²) in [5.74, 6) is 0.977. The van der Waals surface area contributed by atoms with Crippen molar-refractivity contribution in [1.82, 2.24) is 14.8 Å². The first-order valence-corrected chi connectivity index (χ1v) is 21.1. The largest absolute Gasteiger partial charge is 0.416 e. The topological polar surface area (TPSA) is 47.1 Å². The van der Waals surface area contributed by atoms with Crippen LogP contribution in [0.4, 0.5) is 17.1 Å². The standard InChI is InChI=1S/C57H36N4O/c1-3-15-37(16-4-1)55-58-59-56(62-55)38-27-29-40(30-28-38)60(41-32-34-54-48(35-41)47-22-10-14-26-53(47)61(54)39-17-5-2-6-18-39)42-31-33-46-45-21-9-13-25-51(45)57(52(46)36-42)49-23-11-7-19-43(49)44-20-8-12-24-50(44)57/h1-36H. The molecule has 0 fully saturated rings. The minimum Gasteiger partial charge on any atom is -0.416 e. The summed E-state index contributed by atoms with van der Waals surface area (Å²) in [5, 5.41) is 11.2. The quantitative estimate of drug-likeness (QED) is 0.168. The summed E-state index contributed by atoms with van der Waals surface area (Å²) in [5.41, 5.74) is 18.3. The number of benzene rings is 9. The molecule has 9 aromatic carbocycles. The molecule has 0 bridgehead atoms. The van der Waals surface area contributed by atoms with Crippen LogP contribution in [0, 0.1) is 0 Å². The van der Waals surface area contributed by atoms with Crippen LogP contribution in [0.25, 0.3) is 72.7 Å². The van der Waals surface area contributed by atoms with Crippen LogP contribution in [0.3, 0.4) is 0 Å². The molecule has 0 radical (unpaired) electrons. The summed E-state index contributed by atoms with van der Waals surface area (Å²) < 4.78 is 8.58. The minimum atomic E-state index is -0.466. The van der Waals surface area contributed by atoms with E-state index in [1.54, 1.807) is 0 Å². The van der Waals surface area contributed by atoms with Gasteiger partial charge in [0.05, 0.1) is 16.4 Å². The molecule has 5 heteroatoms. The van der Waals surface area contributed by atoms with E-state index in [0.29, 0.717) is 11.8 Å². The lowest BCUT2D eigenvalue weighted by atomic mass is 9.70. The van der Waals surface area contributed by atoms with Crippen molar-refractivity contribution in [3.05, 3.63) is 241 Å². The van der Waals surface area contributed by atoms with Crippen molar-refractivity contribution < 1.29 is 4.42 Å². The zero-order valence-electron chi connectivity index (χ0n) is 33.5. The van der Waals surface area contributed by atoms with Crippen LogP contribution in [0.2, 0.25) is 0 Å². The molecule has 0 saturated carbocycles. The summed E-state index contributed by atoms with van der Waals surface area (Å²) in [6.45, 7) is 0. The van der Waals surface area contributed by atoms with Crippen LogP contribution in [-0.2, 0) is 5.41 Å². The molecule has 13 rings (SSSR count). The van der Waals surface area contributed by atoms with Gasteiger partial charge in [-0.25, -0.2) is 0 Å². The molecule has 290 valence electrons. The molecular formula is C57H36N4O. The summed E-state index contributed by atoms with van der Waals surface area (Å²) in [4.78, 5) is 2.39. The number of nitrogens with zero attached hydrogens (tertiary/aromatic N) is 4. The van der Waals surface area contributed by atoms with Gasteiger partial charge in [-0.15, -0.1) is 10.2 Å². The lowest BCUT2D eigenvalue weighted by molar-refractivity contribution is 0.584. The Hall–Kier alpha value is -8.28. The molecule has 0 atom stereocenters. The molecule has 11 aromatic rings. The lowest BCUT2D eigenvalue weighted by Gasteiger charge is -2.32. The van der Waals surface area contributed by atoms with Gasteiger partial charge in [-0.05, 0) is 129 Å². The number of rotatable bonds is 6. The fourth-order valence-corrected chi connectivity index (χ4v) is 10.4. The van der Waals surface area contributed by atoms with Gasteiger partial charge < -0.3 is 13.9 Å². The molecule has 1 spiro atoms. The van der Waals surface area contributed by atoms with Gasteiger partial charge in [0.25, 0.3) is 0 Å². The number of para-hydroxylation sites is 2. The van der Waals surface area contributed by atoms with E-state index >= 15 is 0 Å². The molecule has 5 nitrogen and oxygen atoms in total. The highest BCUT2D eigenvalue weighted by Crippen LogP contribution is 2.63. The van der Waals surface area contributed by atoms with Gasteiger partial charge in [0.1, 0.15) is 0 Å². The zero-order valence-corrected chi connectivity index (χ0v) is 33.5. The lowest BCUT2D eigenvalue weighted by Crippen LogP contribution is -2.26. The average Bonchev–Trinajstić information content (AvgIpc) is 4.11. The van der Waals surface area contributed by atoms with Crippen molar-refractivity contribution in [3.63, 3.8) is 0 Å². The highest BCUT2D eigenvalue weighted by molar-refractivity contribution is 6.11. The van der Waals surface area contributed by atoms with Gasteiger partial charge in [-0.2, -0.15) is 0 Å². The van der Waals surface area contributed by atoms with E-state index in [1.165, 1.54) is 60.8 Å². The Bertz CT molecular complexity index is 3470. The Labute approximate surface area is 358 Å². The Morgan fingerprint density at radius 3 is 1.52 bits per heavy atom. The number of hydrogen-bond donors (Lipinski definition) is 0. The first-order chi connectivity index (χ1) is 30.8. The Kier molecular flexibility index (Phi) is 7.45. The Morgan fingerprint density at radius 1 is 0.371 bits per heavy atom. The van der Waals surface area contributed by atoms with Crippen LogP contribution < -0.4 is 4.90 Å². The van der Waals surface area contributed by atoms with E-state index in [9.17, 15) is 0 Å². The molecule has 0 unspecified atom stereocenters. The van der Waals surface area contributed by atoms with E-state index in [2.05, 4.69) is 208 Å². The Morgan fingerprint density at radius 2 is 0.855 bits per heavy atom. The first kappa shape index (κ1) is 34.6. The second-order valence-electron chi connectivity index (χ2n) is 16.2. The van der Waals surface area contributed by atoms with Crippen molar-refractivity contribution in [3.8, 4) is 50.8 Å². The predicted octanol–water partition coefficient (Wildman–Crippen LogP) is 14.3. The van der Waals surface area contributed by atoms with E-state index in [1.807, 2.05) is 30.3 Å². The highest BCUT2D eigenvalue weighted by atomic mass is 16.4. The van der Waals surface area contributed by atoms with Crippen LogP contribution in [-0.4, -0.2) is 14.8 Å². The smallest absolute Gasteiger partial charge is 0.248 e. The highest BCUT2D eigenvalue weighted by Gasteiger charge is 2.51. The van der Waals surface area contributed by atoms with Crippen molar-refractivity contribution in [2.24, 2.45) is 0 Å². The molecular weight excluding hydrogens is 757 g/mol. The van der Waals surface area contributed by atoms with Gasteiger partial charge in [0, 0.05) is 44.6 Å².